The third-order valence-electron chi connectivity index (χ3n) is 6.51. The van der Waals surface area contributed by atoms with Gasteiger partial charge in [-0.15, -0.1) is 0 Å². The number of carbonyl (C=O) groups is 2. The molecule has 7 heteroatoms. The van der Waals surface area contributed by atoms with Crippen LogP contribution in [0.25, 0.3) is 0 Å². The van der Waals surface area contributed by atoms with Crippen LogP contribution in [0.1, 0.15) is 12.0 Å². The maximum Gasteiger partial charge on any atom is 0.230 e. The fourth-order valence-corrected chi connectivity index (χ4v) is 5.16. The molecule has 5 rings (SSSR count). The van der Waals surface area contributed by atoms with Gasteiger partial charge in [-0.2, -0.15) is 0 Å². The van der Waals surface area contributed by atoms with E-state index in [1.807, 2.05) is 46.2 Å². The van der Waals surface area contributed by atoms with Gasteiger partial charge in [-0.05, 0) is 24.1 Å². The van der Waals surface area contributed by atoms with Crippen molar-refractivity contribution in [3.63, 3.8) is 0 Å². The van der Waals surface area contributed by atoms with Crippen molar-refractivity contribution in [2.75, 3.05) is 40.0 Å². The molecule has 4 aliphatic rings. The molecule has 4 atom stereocenters. The van der Waals surface area contributed by atoms with Gasteiger partial charge in [0.1, 0.15) is 11.4 Å². The highest BCUT2D eigenvalue weighted by molar-refractivity contribution is 5.93. The Morgan fingerprint density at radius 2 is 2.21 bits per heavy atom. The second-order valence-corrected chi connectivity index (χ2v) is 8.24. The molecule has 154 valence electrons. The number of benzene rings is 1. The monoisotopic (exact) mass is 398 g/mol. The maximum atomic E-state index is 13.4. The van der Waals surface area contributed by atoms with Crippen molar-refractivity contribution in [1.29, 1.82) is 0 Å². The van der Waals surface area contributed by atoms with Crippen molar-refractivity contribution in [2.45, 2.75) is 24.7 Å². The van der Waals surface area contributed by atoms with Crippen LogP contribution in [0.3, 0.4) is 0 Å². The first kappa shape index (κ1) is 18.6. The number of nitrogens with zero attached hydrogens (tertiary/aromatic N) is 2. The number of methoxy groups -OCH3 is 1. The molecule has 3 saturated heterocycles. The molecule has 1 spiro atoms. The van der Waals surface area contributed by atoms with Crippen molar-refractivity contribution in [1.82, 2.24) is 9.80 Å². The van der Waals surface area contributed by atoms with E-state index in [0.29, 0.717) is 39.4 Å². The number of rotatable bonds is 4. The Morgan fingerprint density at radius 1 is 1.31 bits per heavy atom. The lowest BCUT2D eigenvalue weighted by molar-refractivity contribution is -0.143. The minimum atomic E-state index is -0.677. The molecule has 0 unspecified atom stereocenters. The zero-order valence-corrected chi connectivity index (χ0v) is 16.6. The van der Waals surface area contributed by atoms with Gasteiger partial charge in [0.25, 0.3) is 0 Å². The SMILES string of the molecule is COc1cccc(CN2C[C@]34C=C[C@H](O3)[C@@H](C(=O)N3CCCOCC3)[C@H]4C2=O)c1. The Balaban J connectivity index is 1.37. The van der Waals surface area contributed by atoms with E-state index in [1.165, 1.54) is 0 Å². The predicted octanol–water partition coefficient (Wildman–Crippen LogP) is 1.23. The Labute approximate surface area is 170 Å². The van der Waals surface area contributed by atoms with Gasteiger partial charge in [0.15, 0.2) is 0 Å². The second-order valence-electron chi connectivity index (χ2n) is 8.24. The molecule has 4 heterocycles. The fraction of sp³-hybridized carbons (Fsp3) is 0.545. The van der Waals surface area contributed by atoms with E-state index in [0.717, 1.165) is 17.7 Å². The van der Waals surface area contributed by atoms with Gasteiger partial charge < -0.3 is 24.0 Å². The second kappa shape index (κ2) is 7.15. The van der Waals surface area contributed by atoms with Crippen LogP contribution in [0.5, 0.6) is 5.75 Å². The number of likely N-dealkylation sites (tertiary alicyclic amines) is 1. The van der Waals surface area contributed by atoms with Gasteiger partial charge in [0, 0.05) is 26.2 Å². The molecular weight excluding hydrogens is 372 g/mol. The summed E-state index contributed by atoms with van der Waals surface area (Å²) in [4.78, 5) is 30.4. The topological polar surface area (TPSA) is 68.3 Å². The minimum absolute atomic E-state index is 0.00379. The van der Waals surface area contributed by atoms with E-state index >= 15 is 0 Å². The number of fused-ring (bicyclic) bond motifs is 1. The summed E-state index contributed by atoms with van der Waals surface area (Å²) in [5.41, 5.74) is 0.323. The smallest absolute Gasteiger partial charge is 0.230 e. The highest BCUT2D eigenvalue weighted by atomic mass is 16.5. The number of hydrogen-bond acceptors (Lipinski definition) is 5. The van der Waals surface area contributed by atoms with E-state index in [-0.39, 0.29) is 17.9 Å². The van der Waals surface area contributed by atoms with Gasteiger partial charge in [0.05, 0.1) is 38.2 Å². The summed E-state index contributed by atoms with van der Waals surface area (Å²) >= 11 is 0. The average Bonchev–Trinajstić information content (AvgIpc) is 3.26. The summed E-state index contributed by atoms with van der Waals surface area (Å²) in [6.07, 6.45) is 4.49. The minimum Gasteiger partial charge on any atom is -0.497 e. The molecule has 2 amide bonds. The highest BCUT2D eigenvalue weighted by Crippen LogP contribution is 2.52. The van der Waals surface area contributed by atoms with E-state index in [4.69, 9.17) is 14.2 Å². The summed E-state index contributed by atoms with van der Waals surface area (Å²) in [7, 11) is 1.63. The number of ether oxygens (including phenoxy) is 3. The first-order valence-corrected chi connectivity index (χ1v) is 10.3. The molecule has 0 aromatic heterocycles. The highest BCUT2D eigenvalue weighted by Gasteiger charge is 2.67. The van der Waals surface area contributed by atoms with Crippen LogP contribution in [0.4, 0.5) is 0 Å². The van der Waals surface area contributed by atoms with E-state index in [9.17, 15) is 9.59 Å². The molecule has 7 nitrogen and oxygen atoms in total. The quantitative estimate of drug-likeness (QED) is 0.714. The predicted molar refractivity (Wildman–Crippen MR) is 104 cm³/mol. The molecule has 29 heavy (non-hydrogen) atoms. The zero-order valence-electron chi connectivity index (χ0n) is 16.6. The maximum absolute atomic E-state index is 13.4. The lowest BCUT2D eigenvalue weighted by Crippen LogP contribution is -2.46. The Hall–Kier alpha value is -2.38. The Morgan fingerprint density at radius 3 is 3.07 bits per heavy atom. The van der Waals surface area contributed by atoms with Crippen LogP contribution in [-0.2, 0) is 25.6 Å². The van der Waals surface area contributed by atoms with Crippen LogP contribution in [0.2, 0.25) is 0 Å². The number of hydrogen-bond donors (Lipinski definition) is 0. The molecule has 0 aliphatic carbocycles. The van der Waals surface area contributed by atoms with Gasteiger partial charge in [-0.3, -0.25) is 9.59 Å². The van der Waals surface area contributed by atoms with Gasteiger partial charge in [-0.1, -0.05) is 24.3 Å². The summed E-state index contributed by atoms with van der Waals surface area (Å²) in [6.45, 7) is 3.43. The first-order valence-electron chi connectivity index (χ1n) is 10.3. The summed E-state index contributed by atoms with van der Waals surface area (Å²) < 4.78 is 17.0. The molecule has 3 fully saturated rings. The standard InChI is InChI=1S/C22H26N2O5/c1-27-16-5-2-4-15(12-16)13-24-14-22-7-6-17(29-22)18(19(22)21(24)26)20(25)23-8-3-10-28-11-9-23/h2,4-7,12,17-19H,3,8-11,13-14H2,1H3/t17-,18+,19-,22-/m0/s1. The van der Waals surface area contributed by atoms with E-state index in [1.54, 1.807) is 7.11 Å². The Bertz CT molecular complexity index is 847. The molecule has 2 bridgehead atoms. The lowest BCUT2D eigenvalue weighted by atomic mass is 9.76. The van der Waals surface area contributed by atoms with Crippen LogP contribution >= 0.6 is 0 Å². The van der Waals surface area contributed by atoms with Gasteiger partial charge >= 0.3 is 0 Å². The van der Waals surface area contributed by atoms with Crippen molar-refractivity contribution in [3.05, 3.63) is 42.0 Å². The average molecular weight is 398 g/mol. The largest absolute Gasteiger partial charge is 0.497 e. The molecule has 0 radical (unpaired) electrons. The van der Waals surface area contributed by atoms with Crippen molar-refractivity contribution in [3.8, 4) is 5.75 Å². The summed E-state index contributed by atoms with van der Waals surface area (Å²) in [5.74, 6) is -0.0981. The first-order chi connectivity index (χ1) is 14.1. The van der Waals surface area contributed by atoms with Gasteiger partial charge in [-0.25, -0.2) is 0 Å². The number of amides is 2. The third-order valence-corrected chi connectivity index (χ3v) is 6.51. The third kappa shape index (κ3) is 3.04. The molecule has 1 aromatic rings. The molecule has 4 aliphatic heterocycles. The summed E-state index contributed by atoms with van der Waals surface area (Å²) in [6, 6.07) is 7.72. The number of carbonyl (C=O) groups excluding carboxylic acids is 2. The van der Waals surface area contributed by atoms with E-state index < -0.39 is 17.4 Å². The van der Waals surface area contributed by atoms with Crippen LogP contribution < -0.4 is 4.74 Å². The lowest BCUT2D eigenvalue weighted by Gasteiger charge is -2.29. The van der Waals surface area contributed by atoms with Crippen molar-refractivity contribution in [2.24, 2.45) is 11.8 Å². The van der Waals surface area contributed by atoms with Crippen molar-refractivity contribution >= 4 is 11.8 Å². The molecule has 0 saturated carbocycles. The fourth-order valence-electron chi connectivity index (χ4n) is 5.16. The van der Waals surface area contributed by atoms with E-state index in [2.05, 4.69) is 0 Å². The zero-order chi connectivity index (χ0) is 20.0. The molecule has 1 aromatic carbocycles. The summed E-state index contributed by atoms with van der Waals surface area (Å²) in [5, 5.41) is 0. The Kier molecular flexibility index (Phi) is 4.59. The van der Waals surface area contributed by atoms with Crippen LogP contribution in [-0.4, -0.2) is 73.3 Å². The normalized spacial score (nSPS) is 33.1. The van der Waals surface area contributed by atoms with Crippen molar-refractivity contribution < 1.29 is 23.8 Å². The van der Waals surface area contributed by atoms with Crippen LogP contribution in [0, 0.1) is 11.8 Å². The van der Waals surface area contributed by atoms with Crippen LogP contribution in [0.15, 0.2) is 36.4 Å². The molecular formula is C22H26N2O5. The molecule has 0 N–H and O–H groups in total. The van der Waals surface area contributed by atoms with Gasteiger partial charge in [0.2, 0.25) is 11.8 Å².